The molecule has 1 rings (SSSR count). The highest BCUT2D eigenvalue weighted by molar-refractivity contribution is 6.29. The number of aliphatic hydroxyl groups is 1. The molecule has 2 nitrogen and oxygen atoms in total. The monoisotopic (exact) mass is 185 g/mol. The van der Waals surface area contributed by atoms with Gasteiger partial charge in [0.05, 0.1) is 5.60 Å². The van der Waals surface area contributed by atoms with Gasteiger partial charge in [-0.3, -0.25) is 0 Å². The van der Waals surface area contributed by atoms with Gasteiger partial charge in [-0.2, -0.15) is 0 Å². The van der Waals surface area contributed by atoms with Crippen molar-refractivity contribution in [3.8, 4) is 0 Å². The molecule has 1 aromatic rings. The Bertz CT molecular complexity index is 273. The van der Waals surface area contributed by atoms with Crippen LogP contribution in [-0.4, -0.2) is 10.1 Å². The van der Waals surface area contributed by atoms with Crippen LogP contribution >= 0.6 is 11.6 Å². The summed E-state index contributed by atoms with van der Waals surface area (Å²) in [6.07, 6.45) is 2.26. The lowest BCUT2D eigenvalue weighted by molar-refractivity contribution is 0.0530. The maximum Gasteiger partial charge on any atom is 0.129 e. The van der Waals surface area contributed by atoms with E-state index in [1.165, 1.54) is 0 Å². The van der Waals surface area contributed by atoms with Crippen molar-refractivity contribution in [3.05, 3.63) is 29.0 Å². The molecule has 0 aliphatic carbocycles. The number of halogens is 1. The Hall–Kier alpha value is -0.600. The van der Waals surface area contributed by atoms with Crippen molar-refractivity contribution in [2.45, 2.75) is 25.9 Å². The average molecular weight is 186 g/mol. The molecule has 0 spiro atoms. The van der Waals surface area contributed by atoms with E-state index in [9.17, 15) is 5.11 Å². The predicted molar refractivity (Wildman–Crippen MR) is 49.1 cm³/mol. The fraction of sp³-hybridized carbons (Fsp3) is 0.444. The zero-order valence-electron chi connectivity index (χ0n) is 7.21. The van der Waals surface area contributed by atoms with Crippen LogP contribution in [0.15, 0.2) is 18.3 Å². The molecular weight excluding hydrogens is 174 g/mol. The van der Waals surface area contributed by atoms with Crippen molar-refractivity contribution in [3.63, 3.8) is 0 Å². The summed E-state index contributed by atoms with van der Waals surface area (Å²) in [5.74, 6) is 0. The molecule has 0 bridgehead atoms. The van der Waals surface area contributed by atoms with E-state index in [0.717, 1.165) is 5.56 Å². The summed E-state index contributed by atoms with van der Waals surface area (Å²) in [7, 11) is 0. The van der Waals surface area contributed by atoms with Crippen LogP contribution in [0.25, 0.3) is 0 Å². The summed E-state index contributed by atoms with van der Waals surface area (Å²) in [4.78, 5) is 3.84. The molecule has 66 valence electrons. The zero-order chi connectivity index (χ0) is 9.19. The number of hydrogen-bond acceptors (Lipinski definition) is 2. The summed E-state index contributed by atoms with van der Waals surface area (Å²) in [6.45, 7) is 3.69. The second kappa shape index (κ2) is 3.42. The normalized spacial score (nSPS) is 15.7. The first-order valence-corrected chi connectivity index (χ1v) is 4.28. The minimum Gasteiger partial charge on any atom is -0.385 e. The molecule has 0 saturated carbocycles. The third-order valence-corrected chi connectivity index (χ3v) is 2.24. The third-order valence-electron chi connectivity index (χ3n) is 2.04. The Morgan fingerprint density at radius 2 is 2.33 bits per heavy atom. The fourth-order valence-electron chi connectivity index (χ4n) is 0.942. The van der Waals surface area contributed by atoms with Gasteiger partial charge in [0.1, 0.15) is 5.15 Å². The van der Waals surface area contributed by atoms with Gasteiger partial charge in [-0.25, -0.2) is 4.98 Å². The Morgan fingerprint density at radius 1 is 1.67 bits per heavy atom. The molecule has 3 heteroatoms. The Balaban J connectivity index is 3.03. The Labute approximate surface area is 77.2 Å². The molecule has 0 aliphatic heterocycles. The summed E-state index contributed by atoms with van der Waals surface area (Å²) >= 11 is 5.69. The minimum atomic E-state index is -0.799. The molecule has 1 atom stereocenters. The van der Waals surface area contributed by atoms with Gasteiger partial charge in [0.15, 0.2) is 0 Å². The first-order chi connectivity index (χ1) is 5.56. The maximum absolute atomic E-state index is 9.83. The molecule has 0 saturated heterocycles. The second-order valence-electron chi connectivity index (χ2n) is 2.99. The molecule has 1 aromatic heterocycles. The highest BCUT2D eigenvalue weighted by atomic mass is 35.5. The van der Waals surface area contributed by atoms with Crippen LogP contribution in [0, 0.1) is 0 Å². The molecule has 0 amide bonds. The van der Waals surface area contributed by atoms with Crippen molar-refractivity contribution in [2.24, 2.45) is 0 Å². The average Bonchev–Trinajstić information content (AvgIpc) is 2.05. The van der Waals surface area contributed by atoms with E-state index in [-0.39, 0.29) is 0 Å². The highest BCUT2D eigenvalue weighted by Crippen LogP contribution is 2.24. The Kier molecular flexibility index (Phi) is 2.70. The number of aromatic nitrogens is 1. The van der Waals surface area contributed by atoms with Gasteiger partial charge in [-0.05, 0) is 31.0 Å². The number of rotatable bonds is 2. The van der Waals surface area contributed by atoms with Gasteiger partial charge in [0.25, 0.3) is 0 Å². The molecule has 0 unspecified atom stereocenters. The second-order valence-corrected chi connectivity index (χ2v) is 3.38. The van der Waals surface area contributed by atoms with Gasteiger partial charge < -0.3 is 5.11 Å². The molecule has 0 aliphatic rings. The fourth-order valence-corrected chi connectivity index (χ4v) is 1.12. The molecule has 0 fully saturated rings. The van der Waals surface area contributed by atoms with E-state index in [2.05, 4.69) is 4.98 Å². The SMILES string of the molecule is CC[C@](C)(O)c1ccnc(Cl)c1. The maximum atomic E-state index is 9.83. The lowest BCUT2D eigenvalue weighted by Gasteiger charge is -2.21. The van der Waals surface area contributed by atoms with Gasteiger partial charge in [-0.15, -0.1) is 0 Å². The van der Waals surface area contributed by atoms with Crippen LogP contribution in [0.1, 0.15) is 25.8 Å². The molecule has 1 heterocycles. The lowest BCUT2D eigenvalue weighted by Crippen LogP contribution is -2.19. The smallest absolute Gasteiger partial charge is 0.129 e. The van der Waals surface area contributed by atoms with Crippen LogP contribution in [-0.2, 0) is 5.60 Å². The molecule has 1 N–H and O–H groups in total. The topological polar surface area (TPSA) is 33.1 Å². The summed E-state index contributed by atoms with van der Waals surface area (Å²) in [5.41, 5.74) is 0.0112. The molecule has 0 aromatic carbocycles. The van der Waals surface area contributed by atoms with E-state index in [1.54, 1.807) is 25.3 Å². The standard InChI is InChI=1S/C9H12ClNO/c1-3-9(2,12)7-4-5-11-8(10)6-7/h4-6,12H,3H2,1-2H3/t9-/m0/s1. The number of nitrogens with zero attached hydrogens (tertiary/aromatic N) is 1. The van der Waals surface area contributed by atoms with Gasteiger partial charge in [0, 0.05) is 6.20 Å². The molecular formula is C9H12ClNO. The molecule has 0 radical (unpaired) electrons. The van der Waals surface area contributed by atoms with Crippen LogP contribution in [0.2, 0.25) is 5.15 Å². The first-order valence-electron chi connectivity index (χ1n) is 3.90. The Morgan fingerprint density at radius 3 is 2.83 bits per heavy atom. The lowest BCUT2D eigenvalue weighted by atomic mass is 9.95. The van der Waals surface area contributed by atoms with Crippen LogP contribution in [0.5, 0.6) is 0 Å². The van der Waals surface area contributed by atoms with Crippen molar-refractivity contribution in [2.75, 3.05) is 0 Å². The van der Waals surface area contributed by atoms with E-state index in [1.807, 2.05) is 6.92 Å². The highest BCUT2D eigenvalue weighted by Gasteiger charge is 2.20. The van der Waals surface area contributed by atoms with Crippen molar-refractivity contribution in [1.82, 2.24) is 4.98 Å². The zero-order valence-corrected chi connectivity index (χ0v) is 7.97. The summed E-state index contributed by atoms with van der Waals surface area (Å²) in [5, 5.41) is 10.3. The van der Waals surface area contributed by atoms with Crippen LogP contribution in [0.4, 0.5) is 0 Å². The number of pyridine rings is 1. The largest absolute Gasteiger partial charge is 0.385 e. The molecule has 12 heavy (non-hydrogen) atoms. The van der Waals surface area contributed by atoms with Gasteiger partial charge in [-0.1, -0.05) is 18.5 Å². The quantitative estimate of drug-likeness (QED) is 0.718. The van der Waals surface area contributed by atoms with E-state index in [4.69, 9.17) is 11.6 Å². The number of hydrogen-bond donors (Lipinski definition) is 1. The van der Waals surface area contributed by atoms with Crippen LogP contribution < -0.4 is 0 Å². The van der Waals surface area contributed by atoms with Crippen molar-refractivity contribution >= 4 is 11.6 Å². The van der Waals surface area contributed by atoms with E-state index >= 15 is 0 Å². The summed E-state index contributed by atoms with van der Waals surface area (Å²) in [6, 6.07) is 3.46. The minimum absolute atomic E-state index is 0.418. The van der Waals surface area contributed by atoms with E-state index < -0.39 is 5.60 Å². The summed E-state index contributed by atoms with van der Waals surface area (Å²) < 4.78 is 0. The predicted octanol–water partition coefficient (Wildman–Crippen LogP) is 2.35. The third kappa shape index (κ3) is 1.96. The first kappa shape index (κ1) is 9.49. The van der Waals surface area contributed by atoms with Crippen LogP contribution in [0.3, 0.4) is 0 Å². The van der Waals surface area contributed by atoms with Gasteiger partial charge in [0.2, 0.25) is 0 Å². The van der Waals surface area contributed by atoms with Crippen molar-refractivity contribution in [1.29, 1.82) is 0 Å². The van der Waals surface area contributed by atoms with E-state index in [0.29, 0.717) is 11.6 Å². The van der Waals surface area contributed by atoms with Crippen molar-refractivity contribution < 1.29 is 5.11 Å². The van der Waals surface area contributed by atoms with Gasteiger partial charge >= 0.3 is 0 Å².